The molecule has 1 heterocycles. The molecule has 7 heteroatoms. The van der Waals surface area contributed by atoms with Crippen LogP contribution in [0.25, 0.3) is 0 Å². The zero-order valence-corrected chi connectivity index (χ0v) is 11.5. The van der Waals surface area contributed by atoms with Crippen molar-refractivity contribution in [1.29, 1.82) is 0 Å². The molecule has 110 valence electrons. The highest BCUT2D eigenvalue weighted by molar-refractivity contribution is 5.94. The predicted molar refractivity (Wildman–Crippen MR) is 78.5 cm³/mol. The summed E-state index contributed by atoms with van der Waals surface area (Å²) in [5.41, 5.74) is 6.86. The van der Waals surface area contributed by atoms with Crippen LogP contribution < -0.4 is 16.4 Å². The summed E-state index contributed by atoms with van der Waals surface area (Å²) in [5.74, 6) is -0.657. The van der Waals surface area contributed by atoms with E-state index in [0.717, 1.165) is 5.56 Å². The number of carbonyl (C=O) groups excluding carboxylic acids is 2. The predicted octanol–water partition coefficient (Wildman–Crippen LogP) is -0.0552. The van der Waals surface area contributed by atoms with Gasteiger partial charge < -0.3 is 20.9 Å². The van der Waals surface area contributed by atoms with Gasteiger partial charge in [0.15, 0.2) is 0 Å². The van der Waals surface area contributed by atoms with Crippen molar-refractivity contribution in [2.75, 3.05) is 18.4 Å². The van der Waals surface area contributed by atoms with Crippen LogP contribution in [0, 0.1) is 0 Å². The van der Waals surface area contributed by atoms with Crippen LogP contribution in [0.2, 0.25) is 0 Å². The van der Waals surface area contributed by atoms with Gasteiger partial charge in [-0.05, 0) is 17.7 Å². The molecule has 0 aliphatic heterocycles. The molecule has 0 saturated heterocycles. The third-order valence-electron chi connectivity index (χ3n) is 2.77. The minimum absolute atomic E-state index is 0.0955. The number of hydrogen-bond acceptors (Lipinski definition) is 4. The third kappa shape index (κ3) is 4.73. The number of imidazole rings is 1. The molecule has 2 rings (SSSR count). The van der Waals surface area contributed by atoms with Crippen molar-refractivity contribution in [1.82, 2.24) is 14.9 Å². The Morgan fingerprint density at radius 2 is 2.14 bits per heavy atom. The van der Waals surface area contributed by atoms with Crippen LogP contribution in [-0.2, 0) is 16.1 Å². The van der Waals surface area contributed by atoms with Crippen LogP contribution in [0.3, 0.4) is 0 Å². The summed E-state index contributed by atoms with van der Waals surface area (Å²) in [6.45, 7) is 0.447. The normalized spacial score (nSPS) is 10.1. The summed E-state index contributed by atoms with van der Waals surface area (Å²) in [4.78, 5) is 26.6. The first kappa shape index (κ1) is 14.7. The smallest absolute Gasteiger partial charge is 0.243 e. The highest BCUT2D eigenvalue weighted by Gasteiger charge is 2.05. The second-order valence-corrected chi connectivity index (χ2v) is 4.46. The SMILES string of the molecule is NCC(=O)NCC(=O)Nc1cccc(Cn2ccnc2)c1. The molecule has 0 saturated carbocycles. The van der Waals surface area contributed by atoms with Crippen LogP contribution in [0.1, 0.15) is 5.56 Å². The van der Waals surface area contributed by atoms with Gasteiger partial charge in [-0.2, -0.15) is 0 Å². The first-order valence-electron chi connectivity index (χ1n) is 6.48. The fraction of sp³-hybridized carbons (Fsp3) is 0.214. The summed E-state index contributed by atoms with van der Waals surface area (Å²) in [7, 11) is 0. The van der Waals surface area contributed by atoms with Gasteiger partial charge in [0.05, 0.1) is 19.4 Å². The van der Waals surface area contributed by atoms with Gasteiger partial charge in [0.25, 0.3) is 0 Å². The molecule has 0 aliphatic rings. The van der Waals surface area contributed by atoms with Gasteiger partial charge in [0, 0.05) is 24.6 Å². The largest absolute Gasteiger partial charge is 0.346 e. The molecule has 2 aromatic rings. The first-order chi connectivity index (χ1) is 10.2. The number of carbonyl (C=O) groups is 2. The minimum Gasteiger partial charge on any atom is -0.346 e. The van der Waals surface area contributed by atoms with Crippen LogP contribution >= 0.6 is 0 Å². The second kappa shape index (κ2) is 7.20. The Balaban J connectivity index is 1.91. The lowest BCUT2D eigenvalue weighted by atomic mass is 10.2. The van der Waals surface area contributed by atoms with Crippen molar-refractivity contribution < 1.29 is 9.59 Å². The molecule has 0 atom stereocenters. The second-order valence-electron chi connectivity index (χ2n) is 4.46. The zero-order valence-electron chi connectivity index (χ0n) is 11.5. The highest BCUT2D eigenvalue weighted by atomic mass is 16.2. The lowest BCUT2D eigenvalue weighted by molar-refractivity contribution is -0.123. The van der Waals surface area contributed by atoms with Crippen LogP contribution in [0.15, 0.2) is 43.0 Å². The number of nitrogens with zero attached hydrogens (tertiary/aromatic N) is 2. The number of amides is 2. The minimum atomic E-state index is -0.362. The number of benzene rings is 1. The van der Waals surface area contributed by atoms with Gasteiger partial charge in [-0.15, -0.1) is 0 Å². The Kier molecular flexibility index (Phi) is 5.05. The average Bonchev–Trinajstić information content (AvgIpc) is 2.98. The molecule has 21 heavy (non-hydrogen) atoms. The monoisotopic (exact) mass is 287 g/mol. The topological polar surface area (TPSA) is 102 Å². The van der Waals surface area contributed by atoms with Gasteiger partial charge in [-0.25, -0.2) is 4.98 Å². The van der Waals surface area contributed by atoms with Crippen LogP contribution in [0.5, 0.6) is 0 Å². The number of rotatable bonds is 6. The van der Waals surface area contributed by atoms with Crippen molar-refractivity contribution in [3.8, 4) is 0 Å². The van der Waals surface area contributed by atoms with Gasteiger partial charge in [0.2, 0.25) is 11.8 Å². The lowest BCUT2D eigenvalue weighted by Crippen LogP contribution is -2.36. The quantitative estimate of drug-likeness (QED) is 0.693. The molecule has 0 aliphatic carbocycles. The number of aromatic nitrogens is 2. The lowest BCUT2D eigenvalue weighted by Gasteiger charge is -2.08. The third-order valence-corrected chi connectivity index (χ3v) is 2.77. The van der Waals surface area contributed by atoms with E-state index in [-0.39, 0.29) is 24.9 Å². The van der Waals surface area contributed by atoms with Crippen LogP contribution in [0.4, 0.5) is 5.69 Å². The summed E-state index contributed by atoms with van der Waals surface area (Å²) in [6, 6.07) is 7.49. The van der Waals surface area contributed by atoms with Gasteiger partial charge in [0.1, 0.15) is 0 Å². The maximum Gasteiger partial charge on any atom is 0.243 e. The molecule has 7 nitrogen and oxygen atoms in total. The molecule has 0 fully saturated rings. The fourth-order valence-corrected chi connectivity index (χ4v) is 1.79. The van der Waals surface area contributed by atoms with Crippen molar-refractivity contribution in [3.63, 3.8) is 0 Å². The van der Waals surface area contributed by atoms with E-state index < -0.39 is 0 Å². The van der Waals surface area contributed by atoms with Crippen LogP contribution in [-0.4, -0.2) is 34.5 Å². The van der Waals surface area contributed by atoms with Crippen molar-refractivity contribution in [2.45, 2.75) is 6.54 Å². The highest BCUT2D eigenvalue weighted by Crippen LogP contribution is 2.11. The number of nitrogens with two attached hydrogens (primary N) is 1. The van der Waals surface area contributed by atoms with E-state index in [9.17, 15) is 9.59 Å². The maximum absolute atomic E-state index is 11.7. The molecule has 4 N–H and O–H groups in total. The molecule has 1 aromatic carbocycles. The Morgan fingerprint density at radius 3 is 2.86 bits per heavy atom. The molecule has 0 unspecified atom stereocenters. The Labute approximate surface area is 122 Å². The summed E-state index contributed by atoms with van der Waals surface area (Å²) < 4.78 is 1.93. The molecular weight excluding hydrogens is 270 g/mol. The number of nitrogens with one attached hydrogen (secondary N) is 2. The molecular formula is C14H17N5O2. The number of anilines is 1. The van der Waals surface area contributed by atoms with Crippen molar-refractivity contribution in [3.05, 3.63) is 48.5 Å². The van der Waals surface area contributed by atoms with E-state index in [1.54, 1.807) is 18.6 Å². The van der Waals surface area contributed by atoms with Crippen molar-refractivity contribution in [2.24, 2.45) is 5.73 Å². The van der Waals surface area contributed by atoms with E-state index in [4.69, 9.17) is 5.73 Å². The van der Waals surface area contributed by atoms with E-state index in [1.807, 2.05) is 29.0 Å². The van der Waals surface area contributed by atoms with E-state index in [2.05, 4.69) is 15.6 Å². The maximum atomic E-state index is 11.7. The van der Waals surface area contributed by atoms with Gasteiger partial charge in [-0.3, -0.25) is 9.59 Å². The molecule has 2 amide bonds. The first-order valence-corrected chi connectivity index (χ1v) is 6.48. The molecule has 0 radical (unpaired) electrons. The Morgan fingerprint density at radius 1 is 1.29 bits per heavy atom. The molecule has 0 bridgehead atoms. The van der Waals surface area contributed by atoms with E-state index in [0.29, 0.717) is 12.2 Å². The summed E-state index contributed by atoms with van der Waals surface area (Å²) in [5, 5.41) is 5.14. The number of hydrogen-bond donors (Lipinski definition) is 3. The fourth-order valence-electron chi connectivity index (χ4n) is 1.79. The summed E-state index contributed by atoms with van der Waals surface area (Å²) in [6.07, 6.45) is 5.31. The summed E-state index contributed by atoms with van der Waals surface area (Å²) >= 11 is 0. The molecule has 0 spiro atoms. The zero-order chi connectivity index (χ0) is 15.1. The molecule has 1 aromatic heterocycles. The van der Waals surface area contributed by atoms with E-state index >= 15 is 0 Å². The average molecular weight is 287 g/mol. The van der Waals surface area contributed by atoms with Crippen molar-refractivity contribution >= 4 is 17.5 Å². The Bertz CT molecular complexity index is 610. The van der Waals surface area contributed by atoms with Gasteiger partial charge >= 0.3 is 0 Å². The van der Waals surface area contributed by atoms with Gasteiger partial charge in [-0.1, -0.05) is 12.1 Å². The standard InChI is InChI=1S/C14H17N5O2/c15-7-13(20)17-8-14(21)18-12-3-1-2-11(6-12)9-19-5-4-16-10-19/h1-6,10H,7-9,15H2,(H,17,20)(H,18,21). The Hall–Kier alpha value is -2.67. The van der Waals surface area contributed by atoms with E-state index in [1.165, 1.54) is 0 Å².